The molecule has 2 aliphatic heterocycles. The van der Waals surface area contributed by atoms with E-state index in [0.29, 0.717) is 12.1 Å². The van der Waals surface area contributed by atoms with Gasteiger partial charge in [0.15, 0.2) is 0 Å². The number of likely N-dealkylation sites (N-methyl/N-ethyl adjacent to an activating group) is 1. The predicted octanol–water partition coefficient (Wildman–Crippen LogP) is 0.000800. The van der Waals surface area contributed by atoms with Crippen molar-refractivity contribution in [1.82, 2.24) is 15.1 Å². The zero-order valence-electron chi connectivity index (χ0n) is 10.6. The molecule has 0 aliphatic carbocycles. The molecular weight excluding hydrogens is 202 g/mol. The van der Waals surface area contributed by atoms with Crippen LogP contribution in [0.15, 0.2) is 0 Å². The summed E-state index contributed by atoms with van der Waals surface area (Å²) in [5, 5.41) is 3.39. The van der Waals surface area contributed by atoms with Crippen LogP contribution in [0.5, 0.6) is 0 Å². The van der Waals surface area contributed by atoms with Crippen LogP contribution >= 0.6 is 0 Å². The fourth-order valence-electron chi connectivity index (χ4n) is 2.62. The summed E-state index contributed by atoms with van der Waals surface area (Å²) in [7, 11) is 2.21. The third-order valence-corrected chi connectivity index (χ3v) is 3.71. The van der Waals surface area contributed by atoms with Gasteiger partial charge in [0, 0.05) is 45.3 Å². The first-order valence-corrected chi connectivity index (χ1v) is 6.50. The Kier molecular flexibility index (Phi) is 4.58. The molecule has 94 valence electrons. The second kappa shape index (κ2) is 5.96. The van der Waals surface area contributed by atoms with Gasteiger partial charge >= 0.3 is 0 Å². The van der Waals surface area contributed by atoms with Gasteiger partial charge in [-0.3, -0.25) is 4.90 Å². The molecule has 0 amide bonds. The second-order valence-electron chi connectivity index (χ2n) is 5.13. The van der Waals surface area contributed by atoms with E-state index in [1.165, 1.54) is 32.6 Å². The number of hydrogen-bond acceptors (Lipinski definition) is 4. The van der Waals surface area contributed by atoms with E-state index in [1.807, 2.05) is 0 Å². The molecule has 4 nitrogen and oxygen atoms in total. The Morgan fingerprint density at radius 3 is 2.94 bits per heavy atom. The van der Waals surface area contributed by atoms with E-state index >= 15 is 0 Å². The van der Waals surface area contributed by atoms with E-state index < -0.39 is 0 Å². The van der Waals surface area contributed by atoms with Crippen molar-refractivity contribution in [2.24, 2.45) is 0 Å². The molecule has 0 aromatic heterocycles. The average molecular weight is 227 g/mol. The maximum Gasteiger partial charge on any atom is 0.0712 e. The fourth-order valence-corrected chi connectivity index (χ4v) is 2.62. The van der Waals surface area contributed by atoms with Gasteiger partial charge in [0.25, 0.3) is 0 Å². The number of nitrogens with one attached hydrogen (secondary N) is 1. The number of rotatable bonds is 3. The van der Waals surface area contributed by atoms with E-state index in [1.54, 1.807) is 0 Å². The molecule has 2 rings (SSSR count). The molecule has 2 atom stereocenters. The molecule has 1 N–H and O–H groups in total. The fraction of sp³-hybridized carbons (Fsp3) is 1.00. The van der Waals surface area contributed by atoms with Crippen LogP contribution in [0.25, 0.3) is 0 Å². The number of piperazine rings is 1. The van der Waals surface area contributed by atoms with Gasteiger partial charge in [-0.25, -0.2) is 0 Å². The van der Waals surface area contributed by atoms with Gasteiger partial charge in [0.05, 0.1) is 12.7 Å². The lowest BCUT2D eigenvalue weighted by molar-refractivity contribution is 0.00906. The lowest BCUT2D eigenvalue weighted by Gasteiger charge is -2.39. The van der Waals surface area contributed by atoms with Crippen molar-refractivity contribution in [3.63, 3.8) is 0 Å². The Morgan fingerprint density at radius 2 is 2.25 bits per heavy atom. The predicted molar refractivity (Wildman–Crippen MR) is 65.8 cm³/mol. The van der Waals surface area contributed by atoms with Crippen LogP contribution in [0.3, 0.4) is 0 Å². The van der Waals surface area contributed by atoms with Crippen molar-refractivity contribution in [2.45, 2.75) is 25.5 Å². The van der Waals surface area contributed by atoms with Crippen LogP contribution < -0.4 is 5.32 Å². The summed E-state index contributed by atoms with van der Waals surface area (Å²) < 4.78 is 5.73. The lowest BCUT2D eigenvalue weighted by Crippen LogP contribution is -2.51. The third-order valence-electron chi connectivity index (χ3n) is 3.71. The summed E-state index contributed by atoms with van der Waals surface area (Å²) in [6, 6.07) is 0.690. The summed E-state index contributed by atoms with van der Waals surface area (Å²) in [6.07, 6.45) is 1.60. The highest BCUT2D eigenvalue weighted by molar-refractivity contribution is 4.78. The van der Waals surface area contributed by atoms with Crippen LogP contribution in [0.2, 0.25) is 0 Å². The number of ether oxygens (including phenoxy) is 1. The standard InChI is InChI=1S/C12H25N3O/c1-11-10-14(2)6-7-15(11)5-3-12-9-13-4-8-16-12/h11-13H,3-10H2,1-2H3. The van der Waals surface area contributed by atoms with Gasteiger partial charge in [-0.1, -0.05) is 0 Å². The Bertz CT molecular complexity index is 206. The molecule has 2 aliphatic rings. The Labute approximate surface area is 98.9 Å². The normalized spacial score (nSPS) is 34.1. The molecule has 2 saturated heterocycles. The topological polar surface area (TPSA) is 27.7 Å². The summed E-state index contributed by atoms with van der Waals surface area (Å²) in [4.78, 5) is 5.01. The average Bonchev–Trinajstić information content (AvgIpc) is 2.29. The smallest absolute Gasteiger partial charge is 0.0712 e. The molecule has 0 spiro atoms. The quantitative estimate of drug-likeness (QED) is 0.734. The van der Waals surface area contributed by atoms with Crippen LogP contribution in [-0.4, -0.2) is 74.9 Å². The van der Waals surface area contributed by atoms with Crippen LogP contribution in [-0.2, 0) is 4.74 Å². The minimum absolute atomic E-state index is 0.431. The third kappa shape index (κ3) is 3.42. The van der Waals surface area contributed by atoms with Gasteiger partial charge < -0.3 is 15.0 Å². The molecule has 2 heterocycles. The minimum Gasteiger partial charge on any atom is -0.376 e. The van der Waals surface area contributed by atoms with Crippen molar-refractivity contribution in [3.8, 4) is 0 Å². The zero-order valence-corrected chi connectivity index (χ0v) is 10.6. The Hall–Kier alpha value is -0.160. The molecule has 4 heteroatoms. The maximum atomic E-state index is 5.73. The van der Waals surface area contributed by atoms with Crippen molar-refractivity contribution in [2.75, 3.05) is 52.9 Å². The van der Waals surface area contributed by atoms with Crippen molar-refractivity contribution < 1.29 is 4.74 Å². The molecule has 0 radical (unpaired) electrons. The van der Waals surface area contributed by atoms with E-state index in [0.717, 1.165) is 19.7 Å². The Balaban J connectivity index is 1.68. The monoisotopic (exact) mass is 227 g/mol. The first-order valence-electron chi connectivity index (χ1n) is 6.50. The summed E-state index contributed by atoms with van der Waals surface area (Å²) in [6.45, 7) is 10.0. The Morgan fingerprint density at radius 1 is 1.38 bits per heavy atom. The summed E-state index contributed by atoms with van der Waals surface area (Å²) in [5.74, 6) is 0. The van der Waals surface area contributed by atoms with E-state index in [-0.39, 0.29) is 0 Å². The van der Waals surface area contributed by atoms with Gasteiger partial charge in [-0.15, -0.1) is 0 Å². The van der Waals surface area contributed by atoms with Gasteiger partial charge in [0.2, 0.25) is 0 Å². The van der Waals surface area contributed by atoms with Crippen LogP contribution in [0, 0.1) is 0 Å². The largest absolute Gasteiger partial charge is 0.376 e. The number of morpholine rings is 1. The summed E-state index contributed by atoms with van der Waals surface area (Å²) >= 11 is 0. The second-order valence-corrected chi connectivity index (χ2v) is 5.13. The first kappa shape index (κ1) is 12.3. The van der Waals surface area contributed by atoms with Crippen LogP contribution in [0.4, 0.5) is 0 Å². The summed E-state index contributed by atoms with van der Waals surface area (Å²) in [5.41, 5.74) is 0. The zero-order chi connectivity index (χ0) is 11.4. The van der Waals surface area contributed by atoms with Crippen LogP contribution in [0.1, 0.15) is 13.3 Å². The molecule has 0 bridgehead atoms. The van der Waals surface area contributed by atoms with E-state index in [2.05, 4.69) is 29.1 Å². The highest BCUT2D eigenvalue weighted by atomic mass is 16.5. The molecule has 16 heavy (non-hydrogen) atoms. The van der Waals surface area contributed by atoms with E-state index in [4.69, 9.17) is 4.74 Å². The highest BCUT2D eigenvalue weighted by Crippen LogP contribution is 2.10. The minimum atomic E-state index is 0.431. The molecular formula is C12H25N3O. The van der Waals surface area contributed by atoms with Crippen molar-refractivity contribution in [1.29, 1.82) is 0 Å². The van der Waals surface area contributed by atoms with E-state index in [9.17, 15) is 0 Å². The highest BCUT2D eigenvalue weighted by Gasteiger charge is 2.22. The molecule has 0 aromatic carbocycles. The maximum absolute atomic E-state index is 5.73. The van der Waals surface area contributed by atoms with Gasteiger partial charge in [0.1, 0.15) is 0 Å². The molecule has 2 unspecified atom stereocenters. The molecule has 0 saturated carbocycles. The van der Waals surface area contributed by atoms with Crippen molar-refractivity contribution >= 4 is 0 Å². The molecule has 0 aromatic rings. The van der Waals surface area contributed by atoms with Gasteiger partial charge in [-0.05, 0) is 20.4 Å². The number of nitrogens with zero attached hydrogens (tertiary/aromatic N) is 2. The molecule has 2 fully saturated rings. The number of hydrogen-bond donors (Lipinski definition) is 1. The van der Waals surface area contributed by atoms with Gasteiger partial charge in [-0.2, -0.15) is 0 Å². The SMILES string of the molecule is CC1CN(C)CCN1CCC1CNCCO1. The van der Waals surface area contributed by atoms with Crippen molar-refractivity contribution in [3.05, 3.63) is 0 Å². The first-order chi connectivity index (χ1) is 7.75. The lowest BCUT2D eigenvalue weighted by atomic mass is 10.1.